The van der Waals surface area contributed by atoms with Crippen LogP contribution in [0, 0.1) is 23.7 Å². The molecule has 0 aromatic rings. The maximum atomic E-state index is 12.9. The summed E-state index contributed by atoms with van der Waals surface area (Å²) in [5, 5.41) is 0. The van der Waals surface area contributed by atoms with Crippen LogP contribution in [0.3, 0.4) is 0 Å². The first-order chi connectivity index (χ1) is 10.8. The second-order valence-electron chi connectivity index (χ2n) is 8.44. The zero-order chi connectivity index (χ0) is 14.9. The van der Waals surface area contributed by atoms with Crippen LogP contribution >= 0.6 is 0 Å². The predicted octanol–water partition coefficient (Wildman–Crippen LogP) is 3.15. The normalized spacial score (nSPS) is 39.4. The van der Waals surface area contributed by atoms with Crippen LogP contribution in [0.5, 0.6) is 0 Å². The molecule has 2 bridgehead atoms. The molecule has 2 saturated heterocycles. The van der Waals surface area contributed by atoms with Gasteiger partial charge in [-0.05, 0) is 75.8 Å². The zero-order valence-electron chi connectivity index (χ0n) is 14.0. The van der Waals surface area contributed by atoms with E-state index in [1.165, 1.54) is 77.4 Å². The second kappa shape index (κ2) is 6.51. The van der Waals surface area contributed by atoms with Gasteiger partial charge in [0.15, 0.2) is 0 Å². The summed E-state index contributed by atoms with van der Waals surface area (Å²) in [6.45, 7) is 5.89. The number of carbonyl (C=O) groups is 1. The third-order valence-electron chi connectivity index (χ3n) is 6.85. The first kappa shape index (κ1) is 15.0. The zero-order valence-corrected chi connectivity index (χ0v) is 14.0. The lowest BCUT2D eigenvalue weighted by atomic mass is 9.86. The molecule has 4 rings (SSSR count). The molecule has 22 heavy (non-hydrogen) atoms. The molecule has 0 radical (unpaired) electrons. The number of fused-ring (bicyclic) bond motifs is 2. The van der Waals surface area contributed by atoms with Crippen molar-refractivity contribution in [3.05, 3.63) is 0 Å². The van der Waals surface area contributed by atoms with Crippen LogP contribution in [0.2, 0.25) is 0 Å². The molecular weight excluding hydrogens is 272 g/mol. The van der Waals surface area contributed by atoms with Crippen molar-refractivity contribution < 1.29 is 4.79 Å². The second-order valence-corrected chi connectivity index (χ2v) is 8.44. The van der Waals surface area contributed by atoms with Gasteiger partial charge < -0.3 is 9.80 Å². The molecule has 0 unspecified atom stereocenters. The average Bonchev–Trinajstić information content (AvgIpc) is 3.18. The monoisotopic (exact) mass is 304 g/mol. The average molecular weight is 304 g/mol. The summed E-state index contributed by atoms with van der Waals surface area (Å²) in [7, 11) is 0. The van der Waals surface area contributed by atoms with Crippen LogP contribution in [0.1, 0.15) is 57.8 Å². The number of hydrogen-bond donors (Lipinski definition) is 0. The summed E-state index contributed by atoms with van der Waals surface area (Å²) in [5.74, 6) is 3.27. The number of piperidine rings is 2. The number of hydrogen-bond acceptors (Lipinski definition) is 2. The van der Waals surface area contributed by atoms with Crippen molar-refractivity contribution in [2.45, 2.75) is 57.8 Å². The Morgan fingerprint density at radius 2 is 1.77 bits per heavy atom. The van der Waals surface area contributed by atoms with E-state index in [1.54, 1.807) is 0 Å². The number of likely N-dealkylation sites (tertiary alicyclic amines) is 2. The smallest absolute Gasteiger partial charge is 0.225 e. The maximum absolute atomic E-state index is 12.9. The Morgan fingerprint density at radius 1 is 0.909 bits per heavy atom. The molecule has 2 saturated carbocycles. The number of rotatable bonds is 3. The van der Waals surface area contributed by atoms with E-state index >= 15 is 0 Å². The van der Waals surface area contributed by atoms with Crippen LogP contribution < -0.4 is 0 Å². The van der Waals surface area contributed by atoms with E-state index in [4.69, 9.17) is 0 Å². The van der Waals surface area contributed by atoms with Crippen LogP contribution in [-0.4, -0.2) is 48.4 Å². The fourth-order valence-corrected chi connectivity index (χ4v) is 5.70. The molecular formula is C19H32N2O. The lowest BCUT2D eigenvalue weighted by Gasteiger charge is -2.38. The summed E-state index contributed by atoms with van der Waals surface area (Å²) in [5.41, 5.74) is 0. The number of nitrogens with zero attached hydrogens (tertiary/aromatic N) is 2. The van der Waals surface area contributed by atoms with Crippen LogP contribution in [0.4, 0.5) is 0 Å². The summed E-state index contributed by atoms with van der Waals surface area (Å²) in [6, 6.07) is 0. The number of amides is 1. The number of carbonyl (C=O) groups excluding carboxylic acids is 1. The van der Waals surface area contributed by atoms with Gasteiger partial charge in [0, 0.05) is 25.6 Å². The fourth-order valence-electron chi connectivity index (χ4n) is 5.70. The maximum Gasteiger partial charge on any atom is 0.225 e. The molecule has 4 aliphatic rings. The molecule has 2 aliphatic carbocycles. The summed E-state index contributed by atoms with van der Waals surface area (Å²) >= 11 is 0. The standard InChI is InChI=1S/C19H32N2O/c22-19(18-12-15-6-7-17(18)11-15)21-10-4-5-16(14-21)13-20-8-2-1-3-9-20/h15-18H,1-14H2/t15-,16-,17-,18+/m0/s1. The van der Waals surface area contributed by atoms with Crippen molar-refractivity contribution >= 4 is 5.91 Å². The Kier molecular flexibility index (Phi) is 4.43. The molecule has 3 nitrogen and oxygen atoms in total. The first-order valence-corrected chi connectivity index (χ1v) is 9.81. The van der Waals surface area contributed by atoms with Crippen molar-refractivity contribution in [1.82, 2.24) is 9.80 Å². The molecule has 4 fully saturated rings. The van der Waals surface area contributed by atoms with Crippen molar-refractivity contribution in [2.24, 2.45) is 23.7 Å². The van der Waals surface area contributed by atoms with Crippen LogP contribution in [0.15, 0.2) is 0 Å². The van der Waals surface area contributed by atoms with Gasteiger partial charge in [-0.3, -0.25) is 4.79 Å². The minimum atomic E-state index is 0.396. The van der Waals surface area contributed by atoms with Crippen LogP contribution in [0.25, 0.3) is 0 Å². The van der Waals surface area contributed by atoms with Crippen molar-refractivity contribution in [3.8, 4) is 0 Å². The van der Waals surface area contributed by atoms with Gasteiger partial charge in [0.2, 0.25) is 5.91 Å². The van der Waals surface area contributed by atoms with E-state index in [1.807, 2.05) is 0 Å². The van der Waals surface area contributed by atoms with Gasteiger partial charge in [-0.1, -0.05) is 12.8 Å². The Hall–Kier alpha value is -0.570. The van der Waals surface area contributed by atoms with Gasteiger partial charge in [0.1, 0.15) is 0 Å². The Balaban J connectivity index is 1.31. The quantitative estimate of drug-likeness (QED) is 0.799. The highest BCUT2D eigenvalue weighted by Gasteiger charge is 2.44. The van der Waals surface area contributed by atoms with Gasteiger partial charge in [-0.2, -0.15) is 0 Å². The molecule has 4 atom stereocenters. The molecule has 0 aromatic heterocycles. The van der Waals surface area contributed by atoms with Gasteiger partial charge in [-0.25, -0.2) is 0 Å². The first-order valence-electron chi connectivity index (χ1n) is 9.81. The summed E-state index contributed by atoms with van der Waals surface area (Å²) in [6.07, 6.45) is 12.0. The van der Waals surface area contributed by atoms with Gasteiger partial charge in [0.05, 0.1) is 0 Å². The van der Waals surface area contributed by atoms with Gasteiger partial charge >= 0.3 is 0 Å². The minimum Gasteiger partial charge on any atom is -0.342 e. The molecule has 0 N–H and O–H groups in total. The summed E-state index contributed by atoms with van der Waals surface area (Å²) in [4.78, 5) is 17.8. The third kappa shape index (κ3) is 3.06. The van der Waals surface area contributed by atoms with E-state index in [0.29, 0.717) is 11.8 Å². The molecule has 1 amide bonds. The lowest BCUT2D eigenvalue weighted by molar-refractivity contribution is -0.139. The minimum absolute atomic E-state index is 0.396. The highest BCUT2D eigenvalue weighted by atomic mass is 16.2. The molecule has 0 spiro atoms. The lowest BCUT2D eigenvalue weighted by Crippen LogP contribution is -2.47. The van der Waals surface area contributed by atoms with E-state index in [2.05, 4.69) is 9.80 Å². The predicted molar refractivity (Wildman–Crippen MR) is 88.5 cm³/mol. The third-order valence-corrected chi connectivity index (χ3v) is 6.85. The Bertz CT molecular complexity index is 404. The molecule has 124 valence electrons. The Morgan fingerprint density at radius 3 is 2.50 bits per heavy atom. The topological polar surface area (TPSA) is 23.6 Å². The SMILES string of the molecule is O=C([C@@H]1C[C@H]2CC[C@H]1C2)N1CCC[C@@H](CN2CCCCC2)C1. The van der Waals surface area contributed by atoms with E-state index in [0.717, 1.165) is 30.8 Å². The highest BCUT2D eigenvalue weighted by Crippen LogP contribution is 2.49. The van der Waals surface area contributed by atoms with E-state index in [9.17, 15) is 4.79 Å². The molecule has 2 heterocycles. The van der Waals surface area contributed by atoms with Gasteiger partial charge in [0.25, 0.3) is 0 Å². The van der Waals surface area contributed by atoms with Crippen molar-refractivity contribution in [2.75, 3.05) is 32.7 Å². The van der Waals surface area contributed by atoms with E-state index in [-0.39, 0.29) is 0 Å². The van der Waals surface area contributed by atoms with Crippen molar-refractivity contribution in [1.29, 1.82) is 0 Å². The molecule has 2 aliphatic heterocycles. The Labute approximate surface area is 135 Å². The summed E-state index contributed by atoms with van der Waals surface area (Å²) < 4.78 is 0. The highest BCUT2D eigenvalue weighted by molar-refractivity contribution is 5.79. The largest absolute Gasteiger partial charge is 0.342 e. The van der Waals surface area contributed by atoms with Gasteiger partial charge in [-0.15, -0.1) is 0 Å². The van der Waals surface area contributed by atoms with E-state index < -0.39 is 0 Å². The molecule has 0 aromatic carbocycles. The molecule has 3 heteroatoms. The fraction of sp³-hybridized carbons (Fsp3) is 0.947. The van der Waals surface area contributed by atoms with Crippen LogP contribution in [-0.2, 0) is 4.79 Å². The van der Waals surface area contributed by atoms with Crippen molar-refractivity contribution in [3.63, 3.8) is 0 Å².